The summed E-state index contributed by atoms with van der Waals surface area (Å²) in [7, 11) is 0. The van der Waals surface area contributed by atoms with Crippen LogP contribution < -0.4 is 10.6 Å². The van der Waals surface area contributed by atoms with E-state index in [1.54, 1.807) is 0 Å². The van der Waals surface area contributed by atoms with Crippen molar-refractivity contribution in [3.8, 4) is 0 Å². The maximum atomic E-state index is 13.4. The van der Waals surface area contributed by atoms with Crippen LogP contribution in [-0.4, -0.2) is 215 Å². The third-order valence-corrected chi connectivity index (χ3v) is 16.6. The molecule has 0 aliphatic carbocycles. The summed E-state index contributed by atoms with van der Waals surface area (Å²) in [5.74, 6) is -6.09. The first-order valence-electron chi connectivity index (χ1n) is 31.9. The van der Waals surface area contributed by atoms with E-state index in [0.29, 0.717) is 19.3 Å². The fraction of sp³-hybridized carbons (Fsp3) is 0.950. The molecule has 0 radical (unpaired) electrons. The standard InChI is InChI=1S/C60H112N2O21/c1-4-6-8-10-12-14-16-18-19-20-22-24-26-28-30-32-34-47(70)62-41(42(67)33-31-29-27-25-23-21-17-15-13-11-9-7-5-2)39-78-57-52(74)51(73)54(46(38-65)80-57)81-58-53(75)56(50(72)45(37-64)79-58)83-60(59(76)77)35-43(68)48(61-40(3)66)55(82-60)49(71)44(69)36-63/h41-46,48-58,63-65,67-69,71-75H,4-39H2,1-3H3,(H,61,66)(H,62,70)(H,76,77). The summed E-state index contributed by atoms with van der Waals surface area (Å²) in [5.41, 5.74) is 0. The fourth-order valence-corrected chi connectivity index (χ4v) is 11.4. The predicted molar refractivity (Wildman–Crippen MR) is 306 cm³/mol. The quantitative estimate of drug-likeness (QED) is 0.0386. The average molecular weight is 1200 g/mol. The number of hydrogen-bond acceptors (Lipinski definition) is 20. The zero-order chi connectivity index (χ0) is 61.2. The molecule has 0 spiro atoms. The van der Waals surface area contributed by atoms with E-state index in [1.807, 2.05) is 0 Å². The largest absolute Gasteiger partial charge is 0.477 e. The summed E-state index contributed by atoms with van der Waals surface area (Å²) in [5, 5.41) is 136. The molecule has 2 amide bonds. The lowest BCUT2D eigenvalue weighted by atomic mass is 9.88. The van der Waals surface area contributed by atoms with Crippen molar-refractivity contribution in [2.45, 2.75) is 336 Å². The van der Waals surface area contributed by atoms with Gasteiger partial charge in [-0.1, -0.05) is 194 Å². The number of aliphatic hydroxyl groups is 11. The van der Waals surface area contributed by atoms with Crippen LogP contribution in [0.2, 0.25) is 0 Å². The molecule has 18 unspecified atom stereocenters. The molecular weight excluding hydrogens is 1080 g/mol. The van der Waals surface area contributed by atoms with Gasteiger partial charge in [0.25, 0.3) is 5.79 Å². The van der Waals surface area contributed by atoms with Crippen LogP contribution in [-0.2, 0) is 42.8 Å². The summed E-state index contributed by atoms with van der Waals surface area (Å²) < 4.78 is 34.8. The van der Waals surface area contributed by atoms with Gasteiger partial charge < -0.3 is 100 Å². The summed E-state index contributed by atoms with van der Waals surface area (Å²) in [6, 6.07) is -2.52. The molecule has 488 valence electrons. The van der Waals surface area contributed by atoms with Crippen molar-refractivity contribution in [3.63, 3.8) is 0 Å². The number of carbonyl (C=O) groups excluding carboxylic acids is 2. The van der Waals surface area contributed by atoms with Gasteiger partial charge >= 0.3 is 5.97 Å². The Morgan fingerprint density at radius 1 is 0.578 bits per heavy atom. The van der Waals surface area contributed by atoms with E-state index in [2.05, 4.69) is 24.5 Å². The van der Waals surface area contributed by atoms with Crippen molar-refractivity contribution in [2.75, 3.05) is 26.4 Å². The highest BCUT2D eigenvalue weighted by atomic mass is 16.8. The van der Waals surface area contributed by atoms with E-state index < -0.39 is 148 Å². The number of nitrogens with one attached hydrogen (secondary N) is 2. The zero-order valence-electron chi connectivity index (χ0n) is 50.3. The Hall–Kier alpha value is -2.27. The molecule has 3 heterocycles. The highest BCUT2D eigenvalue weighted by Gasteiger charge is 2.60. The Bertz CT molecular complexity index is 1710. The minimum Gasteiger partial charge on any atom is -0.477 e. The van der Waals surface area contributed by atoms with Gasteiger partial charge in [-0.15, -0.1) is 0 Å². The van der Waals surface area contributed by atoms with Crippen molar-refractivity contribution in [2.24, 2.45) is 0 Å². The second-order valence-electron chi connectivity index (χ2n) is 23.6. The van der Waals surface area contributed by atoms with Crippen molar-refractivity contribution in [1.82, 2.24) is 10.6 Å². The first kappa shape index (κ1) is 75.0. The first-order valence-corrected chi connectivity index (χ1v) is 31.9. The highest BCUT2D eigenvalue weighted by Crippen LogP contribution is 2.38. The zero-order valence-corrected chi connectivity index (χ0v) is 50.3. The van der Waals surface area contributed by atoms with E-state index in [9.17, 15) is 75.7 Å². The second-order valence-corrected chi connectivity index (χ2v) is 23.6. The molecule has 3 aliphatic rings. The lowest BCUT2D eigenvalue weighted by Gasteiger charge is -2.50. The molecule has 3 rings (SSSR count). The number of carboxylic acids is 1. The lowest BCUT2D eigenvalue weighted by molar-refractivity contribution is -0.386. The molecule has 23 heteroatoms. The van der Waals surface area contributed by atoms with Gasteiger partial charge in [-0.2, -0.15) is 0 Å². The molecule has 0 bridgehead atoms. The third kappa shape index (κ3) is 26.5. The molecule has 14 N–H and O–H groups in total. The Balaban J connectivity index is 1.64. The SMILES string of the molecule is CCCCCCCCCCCCCCCCCCC(=O)NC(COC1OC(CO)C(OC2OC(CO)C(O)C(OC3(C(=O)O)CC(O)C(NC(C)=O)C(C(O)C(O)CO)O3)C2O)C(O)C1O)C(O)CCCCCCCCCCCCCCC. The van der Waals surface area contributed by atoms with Crippen LogP contribution in [0.1, 0.15) is 226 Å². The van der Waals surface area contributed by atoms with E-state index in [0.717, 1.165) is 58.3 Å². The normalized spacial score (nSPS) is 29.9. The Morgan fingerprint density at radius 3 is 1.51 bits per heavy atom. The van der Waals surface area contributed by atoms with E-state index in [1.165, 1.54) is 122 Å². The fourth-order valence-electron chi connectivity index (χ4n) is 11.4. The number of hydrogen-bond donors (Lipinski definition) is 14. The molecule has 0 aromatic rings. The molecule has 0 saturated carbocycles. The van der Waals surface area contributed by atoms with Crippen LogP contribution >= 0.6 is 0 Å². The van der Waals surface area contributed by atoms with Crippen molar-refractivity contribution in [3.05, 3.63) is 0 Å². The maximum absolute atomic E-state index is 13.4. The number of carboxylic acid groups (broad SMARTS) is 1. The number of unbranched alkanes of at least 4 members (excludes halogenated alkanes) is 27. The number of amides is 2. The Kier molecular flexibility index (Phi) is 38.5. The van der Waals surface area contributed by atoms with Crippen LogP contribution in [0.5, 0.6) is 0 Å². The third-order valence-electron chi connectivity index (χ3n) is 16.6. The maximum Gasteiger partial charge on any atom is 0.364 e. The molecule has 3 aliphatic heterocycles. The summed E-state index contributed by atoms with van der Waals surface area (Å²) in [6.45, 7) is 2.19. The van der Waals surface area contributed by atoms with Crippen molar-refractivity contribution >= 4 is 17.8 Å². The molecular formula is C60H112N2O21. The number of ether oxygens (including phenoxy) is 6. The Morgan fingerprint density at radius 2 is 1.05 bits per heavy atom. The second kappa shape index (κ2) is 42.6. The van der Waals surface area contributed by atoms with Crippen LogP contribution in [0.3, 0.4) is 0 Å². The lowest BCUT2D eigenvalue weighted by Crippen LogP contribution is -2.70. The molecule has 83 heavy (non-hydrogen) atoms. The Labute approximate surface area is 493 Å². The van der Waals surface area contributed by atoms with Gasteiger partial charge in [-0.05, 0) is 12.8 Å². The molecule has 3 saturated heterocycles. The van der Waals surface area contributed by atoms with Crippen LogP contribution in [0, 0.1) is 0 Å². The van der Waals surface area contributed by atoms with Gasteiger partial charge in [0.1, 0.15) is 67.1 Å². The number of aliphatic carboxylic acids is 1. The van der Waals surface area contributed by atoms with E-state index in [4.69, 9.17) is 28.4 Å². The number of carbonyl (C=O) groups is 3. The van der Waals surface area contributed by atoms with Gasteiger partial charge in [-0.3, -0.25) is 9.59 Å². The van der Waals surface area contributed by atoms with Crippen LogP contribution in [0.25, 0.3) is 0 Å². The average Bonchev–Trinajstić information content (AvgIpc) is 3.02. The van der Waals surface area contributed by atoms with Crippen LogP contribution in [0.4, 0.5) is 0 Å². The topological polar surface area (TPSA) is 373 Å². The molecule has 23 nitrogen and oxygen atoms in total. The van der Waals surface area contributed by atoms with Gasteiger partial charge in [0.15, 0.2) is 12.6 Å². The van der Waals surface area contributed by atoms with E-state index >= 15 is 0 Å². The van der Waals surface area contributed by atoms with Gasteiger partial charge in [0.2, 0.25) is 11.8 Å². The predicted octanol–water partition coefficient (Wildman–Crippen LogP) is 3.78. The first-order chi connectivity index (χ1) is 39.9. The number of aliphatic hydroxyl groups excluding tert-OH is 11. The van der Waals surface area contributed by atoms with Gasteiger partial charge in [0, 0.05) is 19.8 Å². The highest BCUT2D eigenvalue weighted by molar-refractivity contribution is 5.77. The summed E-state index contributed by atoms with van der Waals surface area (Å²) in [4.78, 5) is 38.4. The van der Waals surface area contributed by atoms with Gasteiger partial charge in [-0.25, -0.2) is 4.79 Å². The summed E-state index contributed by atoms with van der Waals surface area (Å²) in [6.07, 6.45) is 5.48. The molecule has 3 fully saturated rings. The van der Waals surface area contributed by atoms with Crippen LogP contribution in [0.15, 0.2) is 0 Å². The van der Waals surface area contributed by atoms with Gasteiger partial charge in [0.05, 0.1) is 50.7 Å². The molecule has 0 aromatic heterocycles. The molecule has 0 aromatic carbocycles. The summed E-state index contributed by atoms with van der Waals surface area (Å²) >= 11 is 0. The minimum atomic E-state index is -3.07. The number of rotatable bonds is 47. The monoisotopic (exact) mass is 1200 g/mol. The van der Waals surface area contributed by atoms with Crippen molar-refractivity contribution in [1.29, 1.82) is 0 Å². The van der Waals surface area contributed by atoms with Crippen molar-refractivity contribution < 1.29 is 104 Å². The smallest absolute Gasteiger partial charge is 0.364 e. The molecule has 18 atom stereocenters. The minimum absolute atomic E-state index is 0.228. The van der Waals surface area contributed by atoms with E-state index in [-0.39, 0.29) is 18.9 Å².